The fraction of sp³-hybridized carbons (Fsp3) is 0.480. The van der Waals surface area contributed by atoms with E-state index in [1.54, 1.807) is 7.11 Å². The average Bonchev–Trinajstić information content (AvgIpc) is 2.99. The van der Waals surface area contributed by atoms with Gasteiger partial charge in [-0.1, -0.05) is 26.0 Å². The van der Waals surface area contributed by atoms with Crippen molar-refractivity contribution >= 4 is 17.3 Å². The minimum atomic E-state index is -0.0754. The quantitative estimate of drug-likeness (QED) is 0.709. The molecule has 0 bridgehead atoms. The molecule has 0 atom stereocenters. The van der Waals surface area contributed by atoms with E-state index in [-0.39, 0.29) is 11.2 Å². The predicted octanol–water partition coefficient (Wildman–Crippen LogP) is 5.15. The van der Waals surface area contributed by atoms with Gasteiger partial charge in [-0.2, -0.15) is 5.26 Å². The van der Waals surface area contributed by atoms with Crippen LogP contribution in [-0.2, 0) is 24.2 Å². The fourth-order valence-corrected chi connectivity index (χ4v) is 4.90. The second-order valence-corrected chi connectivity index (χ2v) is 9.29. The summed E-state index contributed by atoms with van der Waals surface area (Å²) in [5.41, 5.74) is 5.05. The molecular weight excluding hydrogens is 374 g/mol. The molecule has 0 saturated heterocycles. The lowest BCUT2D eigenvalue weighted by atomic mass is 9.76. The molecule has 0 unspecified atom stereocenters. The van der Waals surface area contributed by atoms with Crippen LogP contribution in [0.25, 0.3) is 0 Å². The molecule has 0 aliphatic heterocycles. The highest BCUT2D eigenvalue weighted by molar-refractivity contribution is 6.05. The van der Waals surface area contributed by atoms with Crippen molar-refractivity contribution in [2.45, 2.75) is 65.3 Å². The second kappa shape index (κ2) is 8.10. The Morgan fingerprint density at radius 2 is 1.90 bits per heavy atom. The first kappa shape index (κ1) is 20.4. The number of hydrogen-bond acceptors (Lipinski definition) is 4. The number of Topliss-reactive ketones (excluding diaryl/α,β-unsaturated/α-hetero) is 1. The number of carbonyl (C=O) groups is 1. The first-order valence-electron chi connectivity index (χ1n) is 10.8. The molecule has 0 amide bonds. The van der Waals surface area contributed by atoms with Crippen molar-refractivity contribution in [1.29, 1.82) is 5.26 Å². The van der Waals surface area contributed by atoms with E-state index in [9.17, 15) is 10.1 Å². The van der Waals surface area contributed by atoms with Gasteiger partial charge in [-0.3, -0.25) is 4.79 Å². The number of fused-ring (bicyclic) bond motifs is 1. The van der Waals surface area contributed by atoms with Crippen molar-refractivity contribution < 1.29 is 9.53 Å². The van der Waals surface area contributed by atoms with Gasteiger partial charge in [-0.15, -0.1) is 0 Å². The van der Waals surface area contributed by atoms with E-state index >= 15 is 0 Å². The molecule has 1 heterocycles. The molecule has 1 aromatic carbocycles. The zero-order valence-corrected chi connectivity index (χ0v) is 18.1. The van der Waals surface area contributed by atoms with Gasteiger partial charge in [-0.05, 0) is 60.8 Å². The Kier molecular flexibility index (Phi) is 5.51. The summed E-state index contributed by atoms with van der Waals surface area (Å²) in [6.07, 6.45) is 5.92. The van der Waals surface area contributed by atoms with Crippen molar-refractivity contribution in [1.82, 2.24) is 4.57 Å². The highest BCUT2D eigenvalue weighted by Gasteiger charge is 2.32. The zero-order valence-electron chi connectivity index (χ0n) is 18.1. The predicted molar refractivity (Wildman–Crippen MR) is 118 cm³/mol. The Balaban J connectivity index is 1.80. The summed E-state index contributed by atoms with van der Waals surface area (Å²) in [6.45, 7) is 4.90. The maximum Gasteiger partial charge on any atom is 0.151 e. The fourth-order valence-electron chi connectivity index (χ4n) is 4.90. The molecule has 2 aliphatic carbocycles. The normalized spacial score (nSPS) is 19.4. The standard InChI is InChI=1S/C25H29N3O2/c1-25(2)13-18(12-19(29)14-25)27-24-22(15-26)21-6-4-5-7-23(21)28(24)16-17-8-10-20(30-3)11-9-17/h8-11H,4-7,12-14,16H2,1-3H3. The first-order chi connectivity index (χ1) is 14.4. The van der Waals surface area contributed by atoms with Gasteiger partial charge in [0, 0.05) is 30.8 Å². The van der Waals surface area contributed by atoms with Crippen LogP contribution < -0.4 is 4.74 Å². The van der Waals surface area contributed by atoms with Crippen LogP contribution in [0.3, 0.4) is 0 Å². The maximum absolute atomic E-state index is 12.3. The van der Waals surface area contributed by atoms with E-state index in [2.05, 4.69) is 36.6 Å². The molecule has 1 fully saturated rings. The Labute approximate surface area is 178 Å². The number of nitrogens with zero attached hydrogens (tertiary/aromatic N) is 3. The third-order valence-corrected chi connectivity index (χ3v) is 6.18. The Morgan fingerprint density at radius 3 is 2.57 bits per heavy atom. The van der Waals surface area contributed by atoms with Gasteiger partial charge in [0.05, 0.1) is 12.7 Å². The van der Waals surface area contributed by atoms with Crippen LogP contribution in [-0.4, -0.2) is 23.2 Å². The number of nitriles is 1. The van der Waals surface area contributed by atoms with Gasteiger partial charge in [0.1, 0.15) is 17.6 Å². The molecule has 0 radical (unpaired) electrons. The van der Waals surface area contributed by atoms with E-state index in [4.69, 9.17) is 9.73 Å². The smallest absolute Gasteiger partial charge is 0.151 e. The number of benzene rings is 1. The largest absolute Gasteiger partial charge is 0.497 e. The molecule has 5 heteroatoms. The molecule has 0 spiro atoms. The second-order valence-electron chi connectivity index (χ2n) is 9.29. The maximum atomic E-state index is 12.3. The molecule has 2 aromatic rings. The van der Waals surface area contributed by atoms with Crippen LogP contribution in [0.4, 0.5) is 5.82 Å². The van der Waals surface area contributed by atoms with E-state index < -0.39 is 0 Å². The van der Waals surface area contributed by atoms with Crippen LogP contribution in [0.1, 0.15) is 68.3 Å². The van der Waals surface area contributed by atoms with Crippen LogP contribution in [0.5, 0.6) is 5.75 Å². The van der Waals surface area contributed by atoms with E-state index in [0.29, 0.717) is 24.9 Å². The number of aromatic nitrogens is 1. The van der Waals surface area contributed by atoms with E-state index in [1.807, 2.05) is 12.1 Å². The summed E-state index contributed by atoms with van der Waals surface area (Å²) in [5.74, 6) is 1.80. The van der Waals surface area contributed by atoms with Crippen molar-refractivity contribution in [3.8, 4) is 11.8 Å². The minimum absolute atomic E-state index is 0.0754. The Bertz CT molecular complexity index is 1040. The van der Waals surface area contributed by atoms with Gasteiger partial charge in [-0.25, -0.2) is 4.99 Å². The molecule has 30 heavy (non-hydrogen) atoms. The molecule has 2 aliphatic rings. The summed E-state index contributed by atoms with van der Waals surface area (Å²) in [7, 11) is 1.66. The number of carbonyl (C=O) groups excluding carboxylic acids is 1. The summed E-state index contributed by atoms with van der Waals surface area (Å²) in [6, 6.07) is 10.5. The van der Waals surface area contributed by atoms with Crippen LogP contribution in [0.15, 0.2) is 29.3 Å². The molecule has 5 nitrogen and oxygen atoms in total. The van der Waals surface area contributed by atoms with Gasteiger partial charge in [0.2, 0.25) is 0 Å². The highest BCUT2D eigenvalue weighted by atomic mass is 16.5. The zero-order chi connectivity index (χ0) is 21.3. The number of hydrogen-bond donors (Lipinski definition) is 0. The monoisotopic (exact) mass is 403 g/mol. The topological polar surface area (TPSA) is 67.4 Å². The van der Waals surface area contributed by atoms with Crippen molar-refractivity contribution in [3.05, 3.63) is 46.6 Å². The molecular formula is C25H29N3O2. The lowest BCUT2D eigenvalue weighted by Gasteiger charge is -2.29. The van der Waals surface area contributed by atoms with Crippen molar-refractivity contribution in [2.24, 2.45) is 10.4 Å². The molecule has 1 saturated carbocycles. The first-order valence-corrected chi connectivity index (χ1v) is 10.8. The van der Waals surface area contributed by atoms with Crippen LogP contribution in [0, 0.1) is 16.7 Å². The number of aliphatic imine (C=N–C) groups is 1. The van der Waals surface area contributed by atoms with Gasteiger partial charge in [0.25, 0.3) is 0 Å². The van der Waals surface area contributed by atoms with Gasteiger partial charge >= 0.3 is 0 Å². The summed E-state index contributed by atoms with van der Waals surface area (Å²) in [4.78, 5) is 17.3. The molecule has 1 aromatic heterocycles. The van der Waals surface area contributed by atoms with E-state index in [0.717, 1.165) is 60.5 Å². The van der Waals surface area contributed by atoms with E-state index in [1.165, 1.54) is 5.69 Å². The summed E-state index contributed by atoms with van der Waals surface area (Å²) < 4.78 is 7.50. The molecule has 4 rings (SSSR count). The lowest BCUT2D eigenvalue weighted by molar-refractivity contribution is -0.120. The summed E-state index contributed by atoms with van der Waals surface area (Å²) >= 11 is 0. The minimum Gasteiger partial charge on any atom is -0.497 e. The van der Waals surface area contributed by atoms with Crippen LogP contribution in [0.2, 0.25) is 0 Å². The highest BCUT2D eigenvalue weighted by Crippen LogP contribution is 2.38. The van der Waals surface area contributed by atoms with Crippen molar-refractivity contribution in [2.75, 3.05) is 7.11 Å². The third-order valence-electron chi connectivity index (χ3n) is 6.18. The van der Waals surface area contributed by atoms with Gasteiger partial charge < -0.3 is 9.30 Å². The Hall–Kier alpha value is -2.87. The lowest BCUT2D eigenvalue weighted by Crippen LogP contribution is -2.29. The molecule has 0 N–H and O–H groups in total. The Morgan fingerprint density at radius 1 is 1.17 bits per heavy atom. The van der Waals surface area contributed by atoms with Crippen LogP contribution >= 0.6 is 0 Å². The van der Waals surface area contributed by atoms with Gasteiger partial charge in [0.15, 0.2) is 5.82 Å². The third kappa shape index (κ3) is 4.05. The number of rotatable bonds is 4. The number of ether oxygens (including phenoxy) is 1. The number of methoxy groups -OCH3 is 1. The SMILES string of the molecule is COc1ccc(Cn2c3c(c(C#N)c2N=C2CC(=O)CC(C)(C)C2)CCCC3)cc1. The molecule has 156 valence electrons. The number of ketones is 1. The average molecular weight is 404 g/mol. The van der Waals surface area contributed by atoms with Crippen molar-refractivity contribution in [3.63, 3.8) is 0 Å². The summed E-state index contributed by atoms with van der Waals surface area (Å²) in [5, 5.41) is 9.99.